The van der Waals surface area contributed by atoms with Crippen LogP contribution in [0.15, 0.2) is 53.1 Å². The smallest absolute Gasteiger partial charge is 0.431 e. The van der Waals surface area contributed by atoms with Gasteiger partial charge < -0.3 is 20.0 Å². The van der Waals surface area contributed by atoms with Crippen LogP contribution >= 0.6 is 0 Å². The highest BCUT2D eigenvalue weighted by Gasteiger charge is 2.42. The van der Waals surface area contributed by atoms with Crippen LogP contribution in [-0.2, 0) is 11.0 Å². The van der Waals surface area contributed by atoms with Crippen molar-refractivity contribution in [2.24, 2.45) is 5.92 Å². The summed E-state index contributed by atoms with van der Waals surface area (Å²) in [5.41, 5.74) is -0.346. The van der Waals surface area contributed by atoms with Crippen LogP contribution in [0.3, 0.4) is 0 Å². The molecule has 1 aliphatic rings. The molecule has 0 unspecified atom stereocenters. The molecule has 184 valence electrons. The maximum atomic E-state index is 13.5. The molecule has 0 spiro atoms. The van der Waals surface area contributed by atoms with Crippen LogP contribution in [0, 0.1) is 5.92 Å². The summed E-state index contributed by atoms with van der Waals surface area (Å²) in [4.78, 5) is 34.4. The van der Waals surface area contributed by atoms with Gasteiger partial charge in [0.25, 0.3) is 5.91 Å². The molecule has 2 N–H and O–H groups in total. The molecule has 4 rings (SSSR count). The van der Waals surface area contributed by atoms with E-state index in [0.717, 1.165) is 12.8 Å². The second-order valence-electron chi connectivity index (χ2n) is 8.53. The summed E-state index contributed by atoms with van der Waals surface area (Å²) in [7, 11) is 3.47. The minimum absolute atomic E-state index is 0.0351. The van der Waals surface area contributed by atoms with Crippen LogP contribution in [0.4, 0.5) is 24.7 Å². The average Bonchev–Trinajstić information content (AvgIpc) is 3.48. The van der Waals surface area contributed by atoms with Gasteiger partial charge in [0.15, 0.2) is 5.69 Å². The number of carbonyl (C=O) groups excluding carboxylic acids is 2. The van der Waals surface area contributed by atoms with Gasteiger partial charge in [0.2, 0.25) is 17.6 Å². The molecule has 1 saturated carbocycles. The van der Waals surface area contributed by atoms with Crippen molar-refractivity contribution in [3.63, 3.8) is 0 Å². The number of pyridine rings is 1. The zero-order valence-corrected chi connectivity index (χ0v) is 19.1. The number of nitrogens with one attached hydrogen (secondary N) is 2. The minimum atomic E-state index is -4.90. The number of benzene rings is 1. The van der Waals surface area contributed by atoms with E-state index in [4.69, 9.17) is 4.42 Å². The molecule has 0 bridgehead atoms. The number of nitrogens with zero attached hydrogens (tertiary/aromatic N) is 3. The number of hydrogen-bond acceptors (Lipinski definition) is 6. The normalized spacial score (nSPS) is 17.7. The maximum absolute atomic E-state index is 13.5. The predicted molar refractivity (Wildman–Crippen MR) is 123 cm³/mol. The second-order valence-corrected chi connectivity index (χ2v) is 8.53. The lowest BCUT2D eigenvalue weighted by Crippen LogP contribution is -2.29. The Labute approximate surface area is 199 Å². The first kappa shape index (κ1) is 24.2. The standard InChI is InChI=1S/C24H24F3N5O3/c1-32(2)23(34)15-8-9-16(12-15)29-18-11-10-17(13-28-18)30-21(33)19-20(24(25,26)27)35-22(31-19)14-6-4-3-5-7-14/h3-7,10-11,13,15-16H,8-9,12H2,1-2H3,(H,28,29)(H,30,33)/t15-,16+/m1/s1. The third kappa shape index (κ3) is 5.61. The monoisotopic (exact) mass is 487 g/mol. The number of rotatable bonds is 6. The van der Waals surface area contributed by atoms with Gasteiger partial charge >= 0.3 is 6.18 Å². The second kappa shape index (κ2) is 9.77. The summed E-state index contributed by atoms with van der Waals surface area (Å²) in [6.07, 6.45) is -1.27. The van der Waals surface area contributed by atoms with Crippen LogP contribution in [0.2, 0.25) is 0 Å². The Morgan fingerprint density at radius 2 is 1.83 bits per heavy atom. The van der Waals surface area contributed by atoms with E-state index in [-0.39, 0.29) is 29.4 Å². The first-order valence-corrected chi connectivity index (χ1v) is 11.0. The zero-order chi connectivity index (χ0) is 25.2. The molecule has 35 heavy (non-hydrogen) atoms. The molecule has 0 radical (unpaired) electrons. The number of carbonyl (C=O) groups is 2. The number of hydrogen-bond donors (Lipinski definition) is 2. The van der Waals surface area contributed by atoms with Gasteiger partial charge in [0, 0.05) is 31.6 Å². The summed E-state index contributed by atoms with van der Waals surface area (Å²) in [5.74, 6) is -2.23. The SMILES string of the molecule is CN(C)C(=O)[C@@H]1CC[C@H](Nc2ccc(NC(=O)c3nc(-c4ccccc4)oc3C(F)(F)F)cn2)C1. The first-order chi connectivity index (χ1) is 16.6. The van der Waals surface area contributed by atoms with Crippen LogP contribution < -0.4 is 10.6 Å². The minimum Gasteiger partial charge on any atom is -0.431 e. The predicted octanol–water partition coefficient (Wildman–Crippen LogP) is 4.68. The van der Waals surface area contributed by atoms with Gasteiger partial charge in [-0.3, -0.25) is 9.59 Å². The molecule has 2 amide bonds. The van der Waals surface area contributed by atoms with Crippen molar-refractivity contribution in [3.8, 4) is 11.5 Å². The molecule has 1 aromatic carbocycles. The van der Waals surface area contributed by atoms with Crippen LogP contribution in [0.1, 0.15) is 35.5 Å². The topological polar surface area (TPSA) is 100 Å². The van der Waals surface area contributed by atoms with E-state index in [2.05, 4.69) is 20.6 Å². The summed E-state index contributed by atoms with van der Waals surface area (Å²) in [6, 6.07) is 11.2. The molecular formula is C24H24F3N5O3. The van der Waals surface area contributed by atoms with Gasteiger partial charge in [-0.25, -0.2) is 9.97 Å². The number of aromatic nitrogens is 2. The number of amides is 2. The van der Waals surface area contributed by atoms with Crippen LogP contribution in [0.25, 0.3) is 11.5 Å². The van der Waals surface area contributed by atoms with Crippen molar-refractivity contribution < 1.29 is 27.2 Å². The number of alkyl halides is 3. The number of halogens is 3. The largest absolute Gasteiger partial charge is 0.452 e. The Kier molecular flexibility index (Phi) is 6.77. The first-order valence-electron chi connectivity index (χ1n) is 11.0. The van der Waals surface area contributed by atoms with Crippen molar-refractivity contribution >= 4 is 23.3 Å². The number of anilines is 2. The third-order valence-electron chi connectivity index (χ3n) is 5.72. The van der Waals surface area contributed by atoms with Crippen LogP contribution in [-0.4, -0.2) is 46.8 Å². The Hall–Kier alpha value is -3.89. The van der Waals surface area contributed by atoms with E-state index in [9.17, 15) is 22.8 Å². The van der Waals surface area contributed by atoms with Crippen molar-refractivity contribution in [2.75, 3.05) is 24.7 Å². The maximum Gasteiger partial charge on any atom is 0.452 e. The van der Waals surface area contributed by atoms with Crippen molar-refractivity contribution in [3.05, 3.63) is 60.1 Å². The van der Waals surface area contributed by atoms with Gasteiger partial charge in [0.05, 0.1) is 11.9 Å². The molecule has 2 aromatic heterocycles. The quantitative estimate of drug-likeness (QED) is 0.524. The third-order valence-corrected chi connectivity index (χ3v) is 5.72. The molecule has 2 atom stereocenters. The fourth-order valence-corrected chi connectivity index (χ4v) is 4.03. The highest BCUT2D eigenvalue weighted by atomic mass is 19.4. The van der Waals surface area contributed by atoms with Gasteiger partial charge in [-0.05, 0) is 43.5 Å². The highest BCUT2D eigenvalue weighted by molar-refractivity contribution is 6.04. The lowest BCUT2D eigenvalue weighted by molar-refractivity contribution is -0.153. The molecule has 8 nitrogen and oxygen atoms in total. The lowest BCUT2D eigenvalue weighted by atomic mass is 10.1. The molecule has 0 aliphatic heterocycles. The summed E-state index contributed by atoms with van der Waals surface area (Å²) < 4.78 is 45.4. The van der Waals surface area contributed by atoms with E-state index < -0.39 is 23.5 Å². The Balaban J connectivity index is 1.43. The Morgan fingerprint density at radius 1 is 1.09 bits per heavy atom. The zero-order valence-electron chi connectivity index (χ0n) is 19.1. The molecule has 2 heterocycles. The van der Waals surface area contributed by atoms with Gasteiger partial charge in [0.1, 0.15) is 5.82 Å². The summed E-state index contributed by atoms with van der Waals surface area (Å²) in [5, 5.41) is 5.65. The van der Waals surface area contributed by atoms with E-state index in [1.54, 1.807) is 43.3 Å². The fraction of sp³-hybridized carbons (Fsp3) is 0.333. The van der Waals surface area contributed by atoms with Gasteiger partial charge in [-0.15, -0.1) is 0 Å². The summed E-state index contributed by atoms with van der Waals surface area (Å²) in [6.45, 7) is 0. The highest BCUT2D eigenvalue weighted by Crippen LogP contribution is 2.35. The van der Waals surface area contributed by atoms with Crippen molar-refractivity contribution in [1.82, 2.24) is 14.9 Å². The molecule has 1 fully saturated rings. The van der Waals surface area contributed by atoms with Crippen molar-refractivity contribution in [1.29, 1.82) is 0 Å². The Bertz CT molecular complexity index is 1190. The van der Waals surface area contributed by atoms with Crippen molar-refractivity contribution in [2.45, 2.75) is 31.5 Å². The number of oxazole rings is 1. The van der Waals surface area contributed by atoms with Crippen LogP contribution in [0.5, 0.6) is 0 Å². The molecular weight excluding hydrogens is 463 g/mol. The van der Waals surface area contributed by atoms with Gasteiger partial charge in [-0.1, -0.05) is 18.2 Å². The molecule has 3 aromatic rings. The molecule has 1 aliphatic carbocycles. The fourth-order valence-electron chi connectivity index (χ4n) is 4.03. The van der Waals surface area contributed by atoms with Gasteiger partial charge in [-0.2, -0.15) is 13.2 Å². The van der Waals surface area contributed by atoms with E-state index in [1.165, 1.54) is 24.4 Å². The van der Waals surface area contributed by atoms with E-state index >= 15 is 0 Å². The van der Waals surface area contributed by atoms with E-state index in [1.807, 2.05) is 0 Å². The molecule has 11 heteroatoms. The lowest BCUT2D eigenvalue weighted by Gasteiger charge is -2.17. The Morgan fingerprint density at radius 3 is 2.46 bits per heavy atom. The molecule has 0 saturated heterocycles. The summed E-state index contributed by atoms with van der Waals surface area (Å²) >= 11 is 0. The van der Waals surface area contributed by atoms with E-state index in [0.29, 0.717) is 17.8 Å². The average molecular weight is 487 g/mol.